The number of anilines is 1. The van der Waals surface area contributed by atoms with Gasteiger partial charge in [0.2, 0.25) is 5.91 Å². The Hall–Kier alpha value is -2.55. The third-order valence-corrected chi connectivity index (χ3v) is 6.62. The summed E-state index contributed by atoms with van der Waals surface area (Å²) in [6.45, 7) is 8.05. The van der Waals surface area contributed by atoms with Gasteiger partial charge in [-0.25, -0.2) is 4.98 Å². The molecule has 4 rings (SSSR count). The minimum absolute atomic E-state index is 0.00420. The normalized spacial score (nSPS) is 19.9. The number of aryl methyl sites for hydroxylation is 1. The summed E-state index contributed by atoms with van der Waals surface area (Å²) in [5.74, 6) is 0.326. The Balaban J connectivity index is 1.77. The van der Waals surface area contributed by atoms with Crippen LogP contribution >= 0.6 is 11.3 Å². The van der Waals surface area contributed by atoms with Gasteiger partial charge in [-0.2, -0.15) is 0 Å². The van der Waals surface area contributed by atoms with Crippen molar-refractivity contribution in [3.05, 3.63) is 45.8 Å². The van der Waals surface area contributed by atoms with E-state index in [0.29, 0.717) is 17.9 Å². The maximum absolute atomic E-state index is 12.8. The Kier molecular flexibility index (Phi) is 5.73. The first-order valence-electron chi connectivity index (χ1n) is 10.0. The Bertz CT molecular complexity index is 1140. The molecule has 0 saturated carbocycles. The van der Waals surface area contributed by atoms with Crippen LogP contribution in [0.3, 0.4) is 0 Å². The first-order valence-corrected chi connectivity index (χ1v) is 10.8. The van der Waals surface area contributed by atoms with E-state index in [1.165, 1.54) is 6.92 Å². The molecule has 3 aromatic heterocycles. The van der Waals surface area contributed by atoms with Crippen LogP contribution < -0.4 is 10.9 Å². The van der Waals surface area contributed by atoms with E-state index in [1.807, 2.05) is 24.4 Å². The lowest BCUT2D eigenvalue weighted by Gasteiger charge is -2.38. The summed E-state index contributed by atoms with van der Waals surface area (Å²) in [4.78, 5) is 32.0. The van der Waals surface area contributed by atoms with Gasteiger partial charge in [0.15, 0.2) is 0 Å². The molecule has 0 unspecified atom stereocenters. The lowest BCUT2D eigenvalue weighted by molar-refractivity contribution is -0.114. The number of nitrogens with zero attached hydrogens (tertiary/aromatic N) is 3. The Labute approximate surface area is 179 Å². The van der Waals surface area contributed by atoms with Crippen molar-refractivity contribution in [1.29, 1.82) is 0 Å². The number of amides is 1. The Morgan fingerprint density at radius 2 is 2.03 bits per heavy atom. The zero-order valence-electron chi connectivity index (χ0n) is 17.6. The summed E-state index contributed by atoms with van der Waals surface area (Å²) in [7, 11) is 1.77. The highest BCUT2D eigenvalue weighted by atomic mass is 32.1. The van der Waals surface area contributed by atoms with Gasteiger partial charge in [-0.05, 0) is 37.6 Å². The third kappa shape index (κ3) is 4.03. The number of carbonyl (C=O) groups excluding carboxylic acids is 1. The molecular formula is C22H26N4O3S. The molecule has 0 spiro atoms. The van der Waals surface area contributed by atoms with Gasteiger partial charge in [0.05, 0.1) is 18.6 Å². The lowest BCUT2D eigenvalue weighted by atomic mass is 10.1. The van der Waals surface area contributed by atoms with E-state index >= 15 is 0 Å². The number of thiophene rings is 1. The molecule has 158 valence electrons. The summed E-state index contributed by atoms with van der Waals surface area (Å²) in [5, 5.41) is 3.45. The van der Waals surface area contributed by atoms with Crippen molar-refractivity contribution in [2.24, 2.45) is 7.05 Å². The molecule has 1 amide bonds. The van der Waals surface area contributed by atoms with Crippen LogP contribution in [0.2, 0.25) is 0 Å². The average Bonchev–Trinajstić information content (AvgIpc) is 3.11. The summed E-state index contributed by atoms with van der Waals surface area (Å²) in [6, 6.07) is 6.43. The fourth-order valence-corrected chi connectivity index (χ4v) is 5.15. The molecule has 8 heteroatoms. The molecule has 3 aromatic rings. The topological polar surface area (TPSA) is 76.5 Å². The molecule has 2 atom stereocenters. The SMILES string of the molecule is CC(=O)Nc1cc(-c2cn(C)c(=O)c3cc(CN4[C@H](C)COC[C@@H]4C)sc23)ccn1. The highest BCUT2D eigenvalue weighted by Gasteiger charge is 2.26. The molecule has 1 N–H and O–H groups in total. The summed E-state index contributed by atoms with van der Waals surface area (Å²) in [5.41, 5.74) is 1.87. The van der Waals surface area contributed by atoms with Crippen LogP contribution in [0.15, 0.2) is 35.4 Å². The number of hydrogen-bond acceptors (Lipinski definition) is 6. The fraction of sp³-hybridized carbons (Fsp3) is 0.409. The molecule has 0 bridgehead atoms. The monoisotopic (exact) mass is 426 g/mol. The zero-order chi connectivity index (χ0) is 21.4. The van der Waals surface area contributed by atoms with Crippen LogP contribution in [0.5, 0.6) is 0 Å². The second kappa shape index (κ2) is 8.29. The summed E-state index contributed by atoms with van der Waals surface area (Å²) >= 11 is 1.66. The van der Waals surface area contributed by atoms with Crippen LogP contribution in [-0.4, -0.2) is 45.7 Å². The predicted molar refractivity (Wildman–Crippen MR) is 120 cm³/mol. The van der Waals surface area contributed by atoms with Crippen molar-refractivity contribution < 1.29 is 9.53 Å². The van der Waals surface area contributed by atoms with Gasteiger partial charge in [0.25, 0.3) is 5.56 Å². The van der Waals surface area contributed by atoms with Crippen molar-refractivity contribution in [2.75, 3.05) is 18.5 Å². The minimum Gasteiger partial charge on any atom is -0.378 e. The minimum atomic E-state index is -0.169. The second-order valence-electron chi connectivity index (χ2n) is 7.93. The zero-order valence-corrected chi connectivity index (χ0v) is 18.5. The van der Waals surface area contributed by atoms with Gasteiger partial charge < -0.3 is 14.6 Å². The number of pyridine rings is 2. The molecule has 0 radical (unpaired) electrons. The van der Waals surface area contributed by atoms with Crippen LogP contribution in [-0.2, 0) is 23.1 Å². The van der Waals surface area contributed by atoms with E-state index in [2.05, 4.69) is 29.0 Å². The van der Waals surface area contributed by atoms with Gasteiger partial charge in [-0.3, -0.25) is 14.5 Å². The first-order chi connectivity index (χ1) is 14.3. The van der Waals surface area contributed by atoms with Crippen molar-refractivity contribution >= 4 is 33.1 Å². The molecule has 4 heterocycles. The van der Waals surface area contributed by atoms with Crippen LogP contribution in [0, 0.1) is 0 Å². The average molecular weight is 427 g/mol. The Morgan fingerprint density at radius 3 is 2.73 bits per heavy atom. The van der Waals surface area contributed by atoms with E-state index in [9.17, 15) is 9.59 Å². The predicted octanol–water partition coefficient (Wildman–Crippen LogP) is 3.23. The molecule has 7 nitrogen and oxygen atoms in total. The van der Waals surface area contributed by atoms with E-state index in [0.717, 1.165) is 45.8 Å². The maximum Gasteiger partial charge on any atom is 0.259 e. The van der Waals surface area contributed by atoms with Crippen LogP contribution in [0.4, 0.5) is 5.82 Å². The third-order valence-electron chi connectivity index (χ3n) is 5.47. The molecule has 1 aliphatic heterocycles. The highest BCUT2D eigenvalue weighted by Crippen LogP contribution is 2.35. The molecule has 1 fully saturated rings. The summed E-state index contributed by atoms with van der Waals surface area (Å²) in [6.07, 6.45) is 3.53. The van der Waals surface area contributed by atoms with Gasteiger partial charge in [-0.15, -0.1) is 11.3 Å². The van der Waals surface area contributed by atoms with E-state index in [-0.39, 0.29) is 11.5 Å². The highest BCUT2D eigenvalue weighted by molar-refractivity contribution is 7.19. The lowest BCUT2D eigenvalue weighted by Crippen LogP contribution is -2.48. The van der Waals surface area contributed by atoms with Crippen LogP contribution in [0.25, 0.3) is 21.2 Å². The molecule has 30 heavy (non-hydrogen) atoms. The largest absolute Gasteiger partial charge is 0.378 e. The van der Waals surface area contributed by atoms with Gasteiger partial charge in [0, 0.05) is 60.1 Å². The van der Waals surface area contributed by atoms with Crippen molar-refractivity contribution in [1.82, 2.24) is 14.5 Å². The van der Waals surface area contributed by atoms with Gasteiger partial charge >= 0.3 is 0 Å². The number of nitrogens with one attached hydrogen (secondary N) is 1. The number of ether oxygens (including phenoxy) is 1. The van der Waals surface area contributed by atoms with Gasteiger partial charge in [-0.1, -0.05) is 0 Å². The van der Waals surface area contributed by atoms with Crippen molar-refractivity contribution in [2.45, 2.75) is 39.4 Å². The quantitative estimate of drug-likeness (QED) is 0.693. The Morgan fingerprint density at radius 1 is 1.30 bits per heavy atom. The first kappa shape index (κ1) is 20.7. The van der Waals surface area contributed by atoms with E-state index in [4.69, 9.17) is 4.74 Å². The van der Waals surface area contributed by atoms with E-state index < -0.39 is 0 Å². The van der Waals surface area contributed by atoms with E-state index in [1.54, 1.807) is 29.1 Å². The second-order valence-corrected chi connectivity index (χ2v) is 9.07. The number of hydrogen-bond donors (Lipinski definition) is 1. The number of aromatic nitrogens is 2. The molecule has 0 aliphatic carbocycles. The number of morpholine rings is 1. The molecular weight excluding hydrogens is 400 g/mol. The number of fused-ring (bicyclic) bond motifs is 1. The molecule has 1 saturated heterocycles. The maximum atomic E-state index is 12.8. The number of carbonyl (C=O) groups is 1. The smallest absolute Gasteiger partial charge is 0.259 e. The molecule has 1 aliphatic rings. The van der Waals surface area contributed by atoms with Crippen molar-refractivity contribution in [3.63, 3.8) is 0 Å². The number of rotatable bonds is 4. The standard InChI is InChI=1S/C22H26N4O3S/c1-13-11-29-12-14(2)26(13)9-17-8-18-21(30-17)19(10-25(4)22(18)28)16-5-6-23-20(7-16)24-15(3)27/h5-8,10,13-14H,9,11-12H2,1-4H3,(H,23,24,27)/t13-,14+. The molecule has 0 aromatic carbocycles. The van der Waals surface area contributed by atoms with Gasteiger partial charge in [0.1, 0.15) is 5.82 Å². The fourth-order valence-electron chi connectivity index (χ4n) is 3.96. The van der Waals surface area contributed by atoms with Crippen LogP contribution in [0.1, 0.15) is 25.6 Å². The summed E-state index contributed by atoms with van der Waals surface area (Å²) < 4.78 is 8.22. The van der Waals surface area contributed by atoms with Crippen molar-refractivity contribution in [3.8, 4) is 11.1 Å².